The topological polar surface area (TPSA) is 59.0 Å². The van der Waals surface area contributed by atoms with E-state index >= 15 is 0 Å². The molecule has 1 atom stereocenters. The van der Waals surface area contributed by atoms with E-state index in [1.165, 1.54) is 109 Å². The third kappa shape index (κ3) is 19.3. The first-order valence-electron chi connectivity index (χ1n) is 13.5. The summed E-state index contributed by atoms with van der Waals surface area (Å²) in [6, 6.07) is 0. The number of phosphoric acid groups is 1. The molecule has 0 radical (unpaired) electrons. The number of piperidine rings is 1. The predicted octanol–water partition coefficient (Wildman–Crippen LogP) is 7.87. The number of rotatable bonds is 22. The van der Waals surface area contributed by atoms with E-state index in [-0.39, 0.29) is 6.61 Å². The van der Waals surface area contributed by atoms with Crippen LogP contribution in [0.15, 0.2) is 0 Å². The van der Waals surface area contributed by atoms with Gasteiger partial charge in [0.2, 0.25) is 0 Å². The molecule has 1 unspecified atom stereocenters. The van der Waals surface area contributed by atoms with Crippen LogP contribution >= 0.6 is 7.82 Å². The van der Waals surface area contributed by atoms with Crippen LogP contribution < -0.4 is 0 Å². The third-order valence-electron chi connectivity index (χ3n) is 6.36. The van der Waals surface area contributed by atoms with Crippen LogP contribution in [0.2, 0.25) is 0 Å². The van der Waals surface area contributed by atoms with Crippen LogP contribution in [0.3, 0.4) is 0 Å². The second kappa shape index (κ2) is 20.7. The maximum absolute atomic E-state index is 11.9. The van der Waals surface area contributed by atoms with E-state index in [0.29, 0.717) is 13.2 Å². The van der Waals surface area contributed by atoms with E-state index in [1.807, 2.05) is 0 Å². The van der Waals surface area contributed by atoms with Crippen LogP contribution in [-0.4, -0.2) is 42.6 Å². The summed E-state index contributed by atoms with van der Waals surface area (Å²) >= 11 is 0. The number of phosphoric ester groups is 1. The predicted molar refractivity (Wildman–Crippen MR) is 132 cm³/mol. The molecule has 5 nitrogen and oxygen atoms in total. The molecule has 0 aromatic rings. The van der Waals surface area contributed by atoms with Gasteiger partial charge in [-0.3, -0.25) is 9.05 Å². The smallest absolute Gasteiger partial charge is 0.302 e. The molecule has 1 rings (SSSR count). The lowest BCUT2D eigenvalue weighted by atomic mass is 10.0. The first-order valence-corrected chi connectivity index (χ1v) is 15.0. The second-order valence-electron chi connectivity index (χ2n) is 9.34. The Morgan fingerprint density at radius 2 is 1.06 bits per heavy atom. The molecule has 1 saturated heterocycles. The fraction of sp³-hybridized carbons (Fsp3) is 1.00. The van der Waals surface area contributed by atoms with Gasteiger partial charge in [0.05, 0.1) is 13.2 Å². The van der Waals surface area contributed by atoms with E-state index in [4.69, 9.17) is 9.05 Å². The Kier molecular flexibility index (Phi) is 19.4. The Hall–Kier alpha value is 0.0700. The van der Waals surface area contributed by atoms with Crippen molar-refractivity contribution in [2.75, 3.05) is 32.8 Å². The van der Waals surface area contributed by atoms with Crippen molar-refractivity contribution in [1.29, 1.82) is 0 Å². The molecule has 0 bridgehead atoms. The lowest BCUT2D eigenvalue weighted by Crippen LogP contribution is -2.32. The van der Waals surface area contributed by atoms with Crippen LogP contribution in [0.1, 0.15) is 129 Å². The van der Waals surface area contributed by atoms with E-state index in [9.17, 15) is 9.46 Å². The van der Waals surface area contributed by atoms with Gasteiger partial charge in [-0.05, 0) is 32.4 Å². The maximum Gasteiger partial charge on any atom is 0.472 e. The minimum Gasteiger partial charge on any atom is -0.302 e. The van der Waals surface area contributed by atoms with Crippen LogP contribution in [0.25, 0.3) is 0 Å². The summed E-state index contributed by atoms with van der Waals surface area (Å²) in [6.45, 7) is 5.71. The van der Waals surface area contributed by atoms with Gasteiger partial charge in [0.1, 0.15) is 0 Å². The summed E-state index contributed by atoms with van der Waals surface area (Å²) in [4.78, 5) is 12.1. The number of likely N-dealkylation sites (tertiary alicyclic amines) is 1. The van der Waals surface area contributed by atoms with Crippen LogP contribution in [-0.2, 0) is 13.6 Å². The van der Waals surface area contributed by atoms with Crippen molar-refractivity contribution in [3.05, 3.63) is 0 Å². The first-order chi connectivity index (χ1) is 15.1. The molecule has 0 spiro atoms. The zero-order chi connectivity index (χ0) is 22.5. The lowest BCUT2D eigenvalue weighted by Gasteiger charge is -2.26. The molecule has 0 aliphatic carbocycles. The Morgan fingerprint density at radius 3 is 1.55 bits per heavy atom. The van der Waals surface area contributed by atoms with Gasteiger partial charge in [0, 0.05) is 6.54 Å². The van der Waals surface area contributed by atoms with E-state index in [1.54, 1.807) is 0 Å². The van der Waals surface area contributed by atoms with Gasteiger partial charge in [-0.1, -0.05) is 110 Å². The standard InChI is InChI=1S/C25H52NO4P/c1-2-3-4-5-6-7-8-9-10-11-12-13-14-15-16-20-24-29-31(27,28)30-25-23-26-21-18-17-19-22-26/h2-25H2,1H3,(H,27,28). The van der Waals surface area contributed by atoms with Gasteiger partial charge >= 0.3 is 7.82 Å². The van der Waals surface area contributed by atoms with Gasteiger partial charge in [-0.15, -0.1) is 0 Å². The zero-order valence-corrected chi connectivity index (χ0v) is 21.4. The summed E-state index contributed by atoms with van der Waals surface area (Å²) < 4.78 is 22.1. The molecule has 186 valence electrons. The molecule has 0 amide bonds. The highest BCUT2D eigenvalue weighted by molar-refractivity contribution is 7.47. The minimum absolute atomic E-state index is 0.271. The van der Waals surface area contributed by atoms with Crippen molar-refractivity contribution < 1.29 is 18.5 Å². The summed E-state index contributed by atoms with van der Waals surface area (Å²) in [5.41, 5.74) is 0. The number of unbranched alkanes of at least 4 members (excludes halogenated alkanes) is 15. The van der Waals surface area contributed by atoms with Gasteiger partial charge in [-0.2, -0.15) is 0 Å². The molecule has 1 N–H and O–H groups in total. The first kappa shape index (κ1) is 29.1. The van der Waals surface area contributed by atoms with Gasteiger partial charge in [0.15, 0.2) is 0 Å². The molecule has 0 aromatic carbocycles. The SMILES string of the molecule is CCCCCCCCCCCCCCCCCCOP(=O)(O)OCCN1CCCCC1. The highest BCUT2D eigenvalue weighted by Gasteiger charge is 2.21. The summed E-state index contributed by atoms with van der Waals surface area (Å²) in [7, 11) is -3.88. The van der Waals surface area contributed by atoms with Gasteiger partial charge < -0.3 is 9.79 Å². The molecule has 1 aliphatic heterocycles. The van der Waals surface area contributed by atoms with Crippen LogP contribution in [0, 0.1) is 0 Å². The quantitative estimate of drug-likeness (QED) is 0.131. The van der Waals surface area contributed by atoms with E-state index < -0.39 is 7.82 Å². The number of hydrogen-bond acceptors (Lipinski definition) is 4. The highest BCUT2D eigenvalue weighted by atomic mass is 31.2. The van der Waals surface area contributed by atoms with Crippen molar-refractivity contribution in [2.24, 2.45) is 0 Å². The average molecular weight is 462 g/mol. The fourth-order valence-electron chi connectivity index (χ4n) is 4.34. The van der Waals surface area contributed by atoms with E-state index in [0.717, 1.165) is 25.9 Å². The zero-order valence-electron chi connectivity index (χ0n) is 20.5. The molecular formula is C25H52NO4P. The second-order valence-corrected chi connectivity index (χ2v) is 10.8. The Morgan fingerprint density at radius 1 is 0.645 bits per heavy atom. The van der Waals surface area contributed by atoms with Crippen LogP contribution in [0.4, 0.5) is 0 Å². The van der Waals surface area contributed by atoms with Crippen molar-refractivity contribution in [3.63, 3.8) is 0 Å². The monoisotopic (exact) mass is 461 g/mol. The normalized spacial score (nSPS) is 17.1. The highest BCUT2D eigenvalue weighted by Crippen LogP contribution is 2.43. The van der Waals surface area contributed by atoms with Crippen molar-refractivity contribution in [2.45, 2.75) is 129 Å². The van der Waals surface area contributed by atoms with Crippen LogP contribution in [0.5, 0.6) is 0 Å². The van der Waals surface area contributed by atoms with E-state index in [2.05, 4.69) is 11.8 Å². The Labute approximate surface area is 193 Å². The average Bonchev–Trinajstić information content (AvgIpc) is 2.76. The van der Waals surface area contributed by atoms with Gasteiger partial charge in [0.25, 0.3) is 0 Å². The Balaban J connectivity index is 1.78. The maximum atomic E-state index is 11.9. The van der Waals surface area contributed by atoms with Crippen molar-refractivity contribution >= 4 is 7.82 Å². The molecule has 31 heavy (non-hydrogen) atoms. The third-order valence-corrected chi connectivity index (χ3v) is 7.38. The summed E-state index contributed by atoms with van der Waals surface area (Å²) in [5.74, 6) is 0. The Bertz CT molecular complexity index is 430. The largest absolute Gasteiger partial charge is 0.472 e. The van der Waals surface area contributed by atoms with Gasteiger partial charge in [-0.25, -0.2) is 4.57 Å². The molecule has 1 fully saturated rings. The molecule has 0 saturated carbocycles. The summed E-state index contributed by atoms with van der Waals surface area (Å²) in [6.07, 6.45) is 24.8. The minimum atomic E-state index is -3.88. The molecule has 1 heterocycles. The fourth-order valence-corrected chi connectivity index (χ4v) is 5.08. The summed E-state index contributed by atoms with van der Waals surface area (Å²) in [5, 5.41) is 0. The number of nitrogens with zero attached hydrogens (tertiary/aromatic N) is 1. The van der Waals surface area contributed by atoms with Crippen molar-refractivity contribution in [3.8, 4) is 0 Å². The molecule has 1 aliphatic rings. The lowest BCUT2D eigenvalue weighted by molar-refractivity contribution is 0.123. The molecule has 0 aromatic heterocycles. The van der Waals surface area contributed by atoms with Crippen molar-refractivity contribution in [1.82, 2.24) is 4.90 Å². The number of hydrogen-bond donors (Lipinski definition) is 1. The molecular weight excluding hydrogens is 409 g/mol. The molecule has 6 heteroatoms.